The van der Waals surface area contributed by atoms with Gasteiger partial charge >= 0.3 is 33.4 Å². The molecule has 1 saturated carbocycles. The van der Waals surface area contributed by atoms with Crippen molar-refractivity contribution >= 4 is 21.9 Å². The molecular formula is C13H10F9NO6S. The van der Waals surface area contributed by atoms with Crippen LogP contribution in [0.15, 0.2) is 12.2 Å². The Morgan fingerprint density at radius 1 is 0.833 bits per heavy atom. The summed E-state index contributed by atoms with van der Waals surface area (Å²) in [6.07, 6.45) is -2.24. The van der Waals surface area contributed by atoms with Gasteiger partial charge in [0.15, 0.2) is 0 Å². The Hall–Kier alpha value is -1.88. The van der Waals surface area contributed by atoms with Crippen molar-refractivity contribution in [1.29, 1.82) is 0 Å². The number of fused-ring (bicyclic) bond motifs is 5. The fourth-order valence-electron chi connectivity index (χ4n) is 3.41. The first kappa shape index (κ1) is 24.4. The number of imide groups is 1. The second-order valence-electron chi connectivity index (χ2n) is 6.63. The second-order valence-corrected chi connectivity index (χ2v) is 8.09. The maximum atomic E-state index is 12.2. The molecule has 0 aromatic carbocycles. The molecule has 1 heterocycles. The van der Waals surface area contributed by atoms with Gasteiger partial charge in [-0.05, 0) is 18.3 Å². The molecule has 2 aliphatic carbocycles. The van der Waals surface area contributed by atoms with Crippen LogP contribution in [0.2, 0.25) is 0 Å². The third-order valence-electron chi connectivity index (χ3n) is 4.89. The van der Waals surface area contributed by atoms with Gasteiger partial charge in [-0.2, -0.15) is 53.0 Å². The lowest BCUT2D eigenvalue weighted by molar-refractivity contribution is -0.382. The zero-order chi connectivity index (χ0) is 23.7. The number of halogens is 9. The highest BCUT2D eigenvalue weighted by Gasteiger charge is 2.85. The minimum atomic E-state index is -7.37. The zero-order valence-corrected chi connectivity index (χ0v) is 14.8. The van der Waals surface area contributed by atoms with Crippen LogP contribution in [0.25, 0.3) is 0 Å². The summed E-state index contributed by atoms with van der Waals surface area (Å²) in [5, 5.41) is 2.45. The summed E-state index contributed by atoms with van der Waals surface area (Å²) in [6, 6.07) is 0. The van der Waals surface area contributed by atoms with Gasteiger partial charge in [-0.15, -0.1) is 0 Å². The standard InChI is InChI=1S/C9H9NO3.C4HF9O3S/c11-8-6-4-1-2-5(3-4)7(6)9(12)10(8)13;5-1(6,3(9,10)11)2(7,8)4(12,13)17(14,15)16/h1-2,4-7,13H,3H2;(H,14,15,16). The molecule has 2 bridgehead atoms. The fourth-order valence-corrected chi connectivity index (χ4v) is 3.86. The van der Waals surface area contributed by atoms with Crippen molar-refractivity contribution < 1.29 is 67.3 Å². The Morgan fingerprint density at radius 3 is 1.50 bits per heavy atom. The van der Waals surface area contributed by atoms with E-state index in [1.54, 1.807) is 0 Å². The molecule has 2 fully saturated rings. The van der Waals surface area contributed by atoms with Crippen molar-refractivity contribution in [2.45, 2.75) is 29.7 Å². The largest absolute Gasteiger partial charge is 0.460 e. The number of rotatable bonds is 3. The van der Waals surface area contributed by atoms with E-state index in [-0.39, 0.29) is 23.7 Å². The molecule has 4 atom stereocenters. The summed E-state index contributed by atoms with van der Waals surface area (Å²) in [7, 11) is -7.17. The Labute approximate surface area is 160 Å². The molecule has 1 aliphatic heterocycles. The van der Waals surface area contributed by atoms with E-state index in [9.17, 15) is 57.5 Å². The van der Waals surface area contributed by atoms with Gasteiger partial charge in [0, 0.05) is 0 Å². The van der Waals surface area contributed by atoms with Gasteiger partial charge in [-0.3, -0.25) is 19.3 Å². The predicted molar refractivity (Wildman–Crippen MR) is 73.8 cm³/mol. The van der Waals surface area contributed by atoms with Gasteiger partial charge in [-0.25, -0.2) is 0 Å². The number of hydroxylamine groups is 2. The van der Waals surface area contributed by atoms with Crippen LogP contribution in [-0.4, -0.2) is 58.3 Å². The third-order valence-corrected chi connectivity index (χ3v) is 5.79. The first-order valence-electron chi connectivity index (χ1n) is 7.62. The molecule has 2 N–H and O–H groups in total. The summed E-state index contributed by atoms with van der Waals surface area (Å²) in [5.74, 6) is -15.7. The van der Waals surface area contributed by atoms with Crippen LogP contribution >= 0.6 is 0 Å². The van der Waals surface area contributed by atoms with Crippen molar-refractivity contribution in [1.82, 2.24) is 5.06 Å². The molecule has 30 heavy (non-hydrogen) atoms. The number of amides is 2. The van der Waals surface area contributed by atoms with E-state index in [1.165, 1.54) is 0 Å². The van der Waals surface area contributed by atoms with Crippen LogP contribution in [-0.2, 0) is 19.7 Å². The predicted octanol–water partition coefficient (Wildman–Crippen LogP) is 2.48. The fraction of sp³-hybridized carbons (Fsp3) is 0.692. The molecule has 0 aromatic heterocycles. The topological polar surface area (TPSA) is 112 Å². The molecular weight excluding hydrogens is 469 g/mol. The second kappa shape index (κ2) is 6.81. The average molecular weight is 479 g/mol. The van der Waals surface area contributed by atoms with Crippen molar-refractivity contribution in [2.75, 3.05) is 0 Å². The van der Waals surface area contributed by atoms with Crippen molar-refractivity contribution in [3.8, 4) is 0 Å². The van der Waals surface area contributed by atoms with E-state index in [4.69, 9.17) is 9.76 Å². The maximum absolute atomic E-state index is 12.2. The molecule has 0 spiro atoms. The van der Waals surface area contributed by atoms with E-state index in [2.05, 4.69) is 0 Å². The van der Waals surface area contributed by atoms with Crippen molar-refractivity contribution in [3.63, 3.8) is 0 Å². The van der Waals surface area contributed by atoms with E-state index >= 15 is 0 Å². The Morgan fingerprint density at radius 2 is 1.20 bits per heavy atom. The quantitative estimate of drug-likeness (QED) is 0.212. The van der Waals surface area contributed by atoms with Gasteiger partial charge in [0.2, 0.25) is 0 Å². The van der Waals surface area contributed by atoms with E-state index in [0.29, 0.717) is 5.06 Å². The molecule has 3 rings (SSSR count). The zero-order valence-electron chi connectivity index (χ0n) is 14.0. The number of nitrogens with zero attached hydrogens (tertiary/aromatic N) is 1. The molecule has 2 amide bonds. The molecule has 3 aliphatic rings. The molecule has 0 aromatic rings. The van der Waals surface area contributed by atoms with Crippen LogP contribution < -0.4 is 0 Å². The van der Waals surface area contributed by atoms with E-state index < -0.39 is 45.2 Å². The third kappa shape index (κ3) is 3.26. The summed E-state index contributed by atoms with van der Waals surface area (Å²) < 4.78 is 134. The molecule has 172 valence electrons. The Balaban J connectivity index is 0.000000218. The average Bonchev–Trinajstić information content (AvgIpc) is 3.24. The number of allylic oxidation sites excluding steroid dienone is 2. The van der Waals surface area contributed by atoms with Gasteiger partial charge < -0.3 is 0 Å². The summed E-state index contributed by atoms with van der Waals surface area (Å²) in [5.41, 5.74) is 0. The van der Waals surface area contributed by atoms with Crippen LogP contribution in [0.5, 0.6) is 0 Å². The summed E-state index contributed by atoms with van der Waals surface area (Å²) in [6.45, 7) is 0. The first-order valence-corrected chi connectivity index (χ1v) is 9.06. The molecule has 7 nitrogen and oxygen atoms in total. The Kier molecular flexibility index (Phi) is 5.54. The first-order chi connectivity index (χ1) is 13.2. The minimum Gasteiger partial charge on any atom is -0.281 e. The van der Waals surface area contributed by atoms with Gasteiger partial charge in [0.25, 0.3) is 11.8 Å². The lowest BCUT2D eigenvalue weighted by Gasteiger charge is -2.31. The summed E-state index contributed by atoms with van der Waals surface area (Å²) >= 11 is 0. The SMILES string of the molecule is O=C1C2C3C=CC(C3)C2C(=O)N1O.O=S(=O)(O)C(F)(F)C(F)(F)C(F)(F)C(F)(F)F. The van der Waals surface area contributed by atoms with E-state index in [1.807, 2.05) is 12.2 Å². The minimum absolute atomic E-state index is 0.184. The smallest absolute Gasteiger partial charge is 0.281 e. The van der Waals surface area contributed by atoms with Crippen LogP contribution in [0.3, 0.4) is 0 Å². The van der Waals surface area contributed by atoms with E-state index in [0.717, 1.165) is 6.42 Å². The number of carbonyl (C=O) groups is 2. The monoisotopic (exact) mass is 479 g/mol. The normalized spacial score (nSPS) is 29.2. The van der Waals surface area contributed by atoms with Crippen LogP contribution in [0.4, 0.5) is 39.5 Å². The van der Waals surface area contributed by atoms with Crippen LogP contribution in [0.1, 0.15) is 6.42 Å². The maximum Gasteiger partial charge on any atom is 0.460 e. The van der Waals surface area contributed by atoms with Gasteiger partial charge in [0.05, 0.1) is 11.8 Å². The summed E-state index contributed by atoms with van der Waals surface area (Å²) in [4.78, 5) is 22.8. The number of alkyl halides is 9. The number of carbonyl (C=O) groups excluding carboxylic acids is 2. The molecule has 0 radical (unpaired) electrons. The lowest BCUT2D eigenvalue weighted by Crippen LogP contribution is -2.63. The Bertz CT molecular complexity index is 854. The number of hydrogen-bond donors (Lipinski definition) is 2. The van der Waals surface area contributed by atoms with Gasteiger partial charge in [-0.1, -0.05) is 12.2 Å². The van der Waals surface area contributed by atoms with Crippen LogP contribution in [0, 0.1) is 23.7 Å². The van der Waals surface area contributed by atoms with Crippen molar-refractivity contribution in [3.05, 3.63) is 12.2 Å². The highest BCUT2D eigenvalue weighted by Crippen LogP contribution is 2.54. The lowest BCUT2D eigenvalue weighted by atomic mass is 9.85. The van der Waals surface area contributed by atoms with Crippen molar-refractivity contribution in [2.24, 2.45) is 23.7 Å². The molecule has 17 heteroatoms. The molecule has 4 unspecified atom stereocenters. The van der Waals surface area contributed by atoms with Gasteiger partial charge in [0.1, 0.15) is 0 Å². The number of hydrogen-bond acceptors (Lipinski definition) is 5. The molecule has 1 saturated heterocycles. The highest BCUT2D eigenvalue weighted by atomic mass is 32.2. The highest BCUT2D eigenvalue weighted by molar-refractivity contribution is 7.87.